The van der Waals surface area contributed by atoms with Crippen molar-refractivity contribution in [2.45, 2.75) is 19.9 Å². The summed E-state index contributed by atoms with van der Waals surface area (Å²) in [4.78, 5) is 17.7. The Labute approximate surface area is 190 Å². The van der Waals surface area contributed by atoms with E-state index < -0.39 is 0 Å². The fourth-order valence-electron chi connectivity index (χ4n) is 2.53. The van der Waals surface area contributed by atoms with Crippen LogP contribution in [0.15, 0.2) is 53.5 Å². The van der Waals surface area contributed by atoms with Crippen molar-refractivity contribution in [3.8, 4) is 5.75 Å². The monoisotopic (exact) mass is 510 g/mol. The Bertz CT molecular complexity index is 774. The van der Waals surface area contributed by atoms with Gasteiger partial charge in [-0.3, -0.25) is 9.79 Å². The summed E-state index contributed by atoms with van der Waals surface area (Å²) < 4.78 is 5.72. The third-order valence-corrected chi connectivity index (χ3v) is 4.19. The molecule has 6 nitrogen and oxygen atoms in total. The van der Waals surface area contributed by atoms with E-state index in [-0.39, 0.29) is 29.9 Å². The van der Waals surface area contributed by atoms with Gasteiger partial charge < -0.3 is 20.3 Å². The number of amides is 1. The normalized spacial score (nSPS) is 10.7. The van der Waals surface area contributed by atoms with Crippen LogP contribution >= 0.6 is 24.0 Å². The number of nitrogens with one attached hydrogen (secondary N) is 2. The number of aryl methyl sites for hydroxylation is 1. The average Bonchev–Trinajstić information content (AvgIpc) is 2.71. The van der Waals surface area contributed by atoms with Crippen LogP contribution in [0.4, 0.5) is 0 Å². The SMILES string of the molecule is CN=C(NCCCOc1ccc(C)cc1)NCc1ccc(C(=O)N(C)C)cc1.I. The number of rotatable bonds is 8. The van der Waals surface area contributed by atoms with Gasteiger partial charge in [-0.05, 0) is 43.2 Å². The molecule has 1 amide bonds. The Morgan fingerprint density at radius 2 is 1.69 bits per heavy atom. The van der Waals surface area contributed by atoms with E-state index in [0.717, 1.165) is 30.2 Å². The predicted molar refractivity (Wildman–Crippen MR) is 129 cm³/mol. The standard InChI is InChI=1S/C22H30N4O2.HI/c1-17-6-12-20(13-7-17)28-15-5-14-24-22(23-2)25-16-18-8-10-19(11-9-18)21(27)26(3)4;/h6-13H,5,14-16H2,1-4H3,(H2,23,24,25);1H. The molecule has 2 aromatic carbocycles. The maximum absolute atomic E-state index is 11.9. The Hall–Kier alpha value is -2.29. The van der Waals surface area contributed by atoms with E-state index in [9.17, 15) is 4.79 Å². The van der Waals surface area contributed by atoms with Gasteiger partial charge >= 0.3 is 0 Å². The molecule has 0 heterocycles. The summed E-state index contributed by atoms with van der Waals surface area (Å²) in [5.41, 5.74) is 2.99. The van der Waals surface area contributed by atoms with Crippen LogP contribution in [0.2, 0.25) is 0 Å². The smallest absolute Gasteiger partial charge is 0.253 e. The molecule has 7 heteroatoms. The van der Waals surface area contributed by atoms with E-state index in [2.05, 4.69) is 22.5 Å². The first-order valence-electron chi connectivity index (χ1n) is 9.44. The first kappa shape index (κ1) is 24.7. The van der Waals surface area contributed by atoms with Gasteiger partial charge in [0.15, 0.2) is 5.96 Å². The van der Waals surface area contributed by atoms with Gasteiger partial charge in [0.05, 0.1) is 6.61 Å². The molecule has 158 valence electrons. The number of halogens is 1. The molecule has 0 bridgehead atoms. The highest BCUT2D eigenvalue weighted by Gasteiger charge is 2.07. The molecule has 0 spiro atoms. The van der Waals surface area contributed by atoms with E-state index in [1.54, 1.807) is 26.0 Å². The minimum Gasteiger partial charge on any atom is -0.494 e. The first-order valence-corrected chi connectivity index (χ1v) is 9.44. The predicted octanol–water partition coefficient (Wildman–Crippen LogP) is 3.45. The zero-order valence-electron chi connectivity index (χ0n) is 17.6. The van der Waals surface area contributed by atoms with Crippen LogP contribution in [-0.2, 0) is 6.54 Å². The molecule has 0 atom stereocenters. The highest BCUT2D eigenvalue weighted by Crippen LogP contribution is 2.11. The maximum Gasteiger partial charge on any atom is 0.253 e. The Morgan fingerprint density at radius 3 is 2.28 bits per heavy atom. The van der Waals surface area contributed by atoms with Gasteiger partial charge in [-0.1, -0.05) is 29.8 Å². The van der Waals surface area contributed by atoms with Crippen LogP contribution in [0, 0.1) is 6.92 Å². The van der Waals surface area contributed by atoms with Gasteiger partial charge in [-0.2, -0.15) is 0 Å². The van der Waals surface area contributed by atoms with Crippen molar-refractivity contribution < 1.29 is 9.53 Å². The molecular formula is C22H31IN4O2. The van der Waals surface area contributed by atoms with Crippen molar-refractivity contribution >= 4 is 35.8 Å². The lowest BCUT2D eigenvalue weighted by Crippen LogP contribution is -2.37. The van der Waals surface area contributed by atoms with E-state index >= 15 is 0 Å². The molecule has 2 N–H and O–H groups in total. The topological polar surface area (TPSA) is 66.0 Å². The largest absolute Gasteiger partial charge is 0.494 e. The number of hydrogen-bond donors (Lipinski definition) is 2. The summed E-state index contributed by atoms with van der Waals surface area (Å²) in [6, 6.07) is 15.7. The van der Waals surface area contributed by atoms with Gasteiger partial charge in [-0.15, -0.1) is 24.0 Å². The molecule has 0 aliphatic heterocycles. The molecular weight excluding hydrogens is 479 g/mol. The van der Waals surface area contributed by atoms with Gasteiger partial charge in [0.1, 0.15) is 5.75 Å². The average molecular weight is 510 g/mol. The van der Waals surface area contributed by atoms with Crippen molar-refractivity contribution in [3.63, 3.8) is 0 Å². The highest BCUT2D eigenvalue weighted by atomic mass is 127. The van der Waals surface area contributed by atoms with Gasteiger partial charge in [-0.25, -0.2) is 0 Å². The van der Waals surface area contributed by atoms with Gasteiger partial charge in [0, 0.05) is 39.8 Å². The number of nitrogens with zero attached hydrogens (tertiary/aromatic N) is 2. The van der Waals surface area contributed by atoms with Crippen LogP contribution < -0.4 is 15.4 Å². The number of guanidine groups is 1. The van der Waals surface area contributed by atoms with E-state index in [1.807, 2.05) is 48.5 Å². The van der Waals surface area contributed by atoms with Crippen molar-refractivity contribution in [1.29, 1.82) is 0 Å². The number of hydrogen-bond acceptors (Lipinski definition) is 3. The number of carbonyl (C=O) groups is 1. The lowest BCUT2D eigenvalue weighted by Gasteiger charge is -2.13. The summed E-state index contributed by atoms with van der Waals surface area (Å²) in [6.45, 7) is 4.11. The molecule has 0 aliphatic rings. The van der Waals surface area contributed by atoms with E-state index in [1.165, 1.54) is 5.56 Å². The summed E-state index contributed by atoms with van der Waals surface area (Å²) in [5.74, 6) is 1.64. The molecule has 0 fully saturated rings. The minimum atomic E-state index is 0. The zero-order valence-corrected chi connectivity index (χ0v) is 19.9. The van der Waals surface area contributed by atoms with Crippen LogP contribution in [0.3, 0.4) is 0 Å². The molecule has 0 aliphatic carbocycles. The summed E-state index contributed by atoms with van der Waals surface area (Å²) in [6.07, 6.45) is 0.871. The number of carbonyl (C=O) groups excluding carboxylic acids is 1. The minimum absolute atomic E-state index is 0. The zero-order chi connectivity index (χ0) is 20.4. The molecule has 0 saturated heterocycles. The van der Waals surface area contributed by atoms with Crippen molar-refractivity contribution in [3.05, 3.63) is 65.2 Å². The first-order chi connectivity index (χ1) is 13.5. The Kier molecular flexibility index (Phi) is 11.1. The van der Waals surface area contributed by atoms with Crippen LogP contribution in [0.1, 0.15) is 27.9 Å². The quantitative estimate of drug-likeness (QED) is 0.247. The van der Waals surface area contributed by atoms with Crippen LogP contribution in [-0.4, -0.2) is 51.1 Å². The Morgan fingerprint density at radius 1 is 1.03 bits per heavy atom. The molecule has 0 radical (unpaired) electrons. The fraction of sp³-hybridized carbons (Fsp3) is 0.364. The van der Waals surface area contributed by atoms with Crippen LogP contribution in [0.25, 0.3) is 0 Å². The Balaban J connectivity index is 0.00000420. The molecule has 0 saturated carbocycles. The number of benzene rings is 2. The second-order valence-corrected chi connectivity index (χ2v) is 6.76. The second kappa shape index (κ2) is 13.0. The molecule has 0 unspecified atom stereocenters. The van der Waals surface area contributed by atoms with E-state index in [4.69, 9.17) is 4.74 Å². The summed E-state index contributed by atoms with van der Waals surface area (Å²) >= 11 is 0. The van der Waals surface area contributed by atoms with E-state index in [0.29, 0.717) is 18.7 Å². The third-order valence-electron chi connectivity index (χ3n) is 4.19. The summed E-state index contributed by atoms with van der Waals surface area (Å²) in [5, 5.41) is 6.55. The van der Waals surface area contributed by atoms with Crippen LogP contribution in [0.5, 0.6) is 5.75 Å². The molecule has 0 aromatic heterocycles. The maximum atomic E-state index is 11.9. The third kappa shape index (κ3) is 8.72. The molecule has 29 heavy (non-hydrogen) atoms. The number of ether oxygens (including phenoxy) is 1. The highest BCUT2D eigenvalue weighted by molar-refractivity contribution is 14.0. The number of aliphatic imine (C=N–C) groups is 1. The summed E-state index contributed by atoms with van der Waals surface area (Å²) in [7, 11) is 5.25. The lowest BCUT2D eigenvalue weighted by atomic mass is 10.1. The lowest BCUT2D eigenvalue weighted by molar-refractivity contribution is 0.0827. The van der Waals surface area contributed by atoms with Crippen molar-refractivity contribution in [1.82, 2.24) is 15.5 Å². The molecule has 2 rings (SSSR count). The molecule has 2 aromatic rings. The van der Waals surface area contributed by atoms with Crippen molar-refractivity contribution in [2.75, 3.05) is 34.3 Å². The van der Waals surface area contributed by atoms with Gasteiger partial charge in [0.2, 0.25) is 0 Å². The van der Waals surface area contributed by atoms with Crippen molar-refractivity contribution in [2.24, 2.45) is 4.99 Å². The fourth-order valence-corrected chi connectivity index (χ4v) is 2.53. The van der Waals surface area contributed by atoms with Gasteiger partial charge in [0.25, 0.3) is 5.91 Å². The second-order valence-electron chi connectivity index (χ2n) is 6.76.